The maximum absolute atomic E-state index is 10.7. The van der Waals surface area contributed by atoms with Crippen LogP contribution in [0.2, 0.25) is 0 Å². The first-order valence-corrected chi connectivity index (χ1v) is 4.33. The second kappa shape index (κ2) is 6.84. The molecule has 0 aromatic rings. The summed E-state index contributed by atoms with van der Waals surface area (Å²) in [6, 6.07) is 0. The van der Waals surface area contributed by atoms with E-state index >= 15 is 0 Å². The van der Waals surface area contributed by atoms with Crippen molar-refractivity contribution in [3.63, 3.8) is 0 Å². The lowest BCUT2D eigenvalue weighted by Gasteiger charge is -2.07. The van der Waals surface area contributed by atoms with E-state index in [1.165, 1.54) is 0 Å². The first-order valence-electron chi connectivity index (χ1n) is 3.93. The summed E-state index contributed by atoms with van der Waals surface area (Å²) >= 11 is 4.88. The quantitative estimate of drug-likeness (QED) is 0.527. The van der Waals surface area contributed by atoms with Crippen LogP contribution in [0, 0.1) is 0 Å². The van der Waals surface area contributed by atoms with E-state index in [-0.39, 0.29) is 12.5 Å². The van der Waals surface area contributed by atoms with E-state index in [1.54, 1.807) is 7.05 Å². The Morgan fingerprint density at radius 2 is 2.08 bits per heavy atom. The zero-order valence-electron chi connectivity index (χ0n) is 7.44. The number of carbonyl (C=O) groups excluding carboxylic acids is 1. The predicted octanol–water partition coefficient (Wildman–Crippen LogP) is -0.393. The molecule has 0 heterocycles. The van der Waals surface area contributed by atoms with E-state index in [1.807, 2.05) is 6.92 Å². The van der Waals surface area contributed by atoms with Gasteiger partial charge >= 0.3 is 0 Å². The molecule has 12 heavy (non-hydrogen) atoms. The van der Waals surface area contributed by atoms with Crippen LogP contribution in [0.4, 0.5) is 0 Å². The molecule has 0 radical (unpaired) electrons. The average Bonchev–Trinajstić information content (AvgIpc) is 2.10. The Morgan fingerprint density at radius 1 is 1.42 bits per heavy atom. The van der Waals surface area contributed by atoms with Gasteiger partial charge in [-0.3, -0.25) is 4.79 Å². The van der Waals surface area contributed by atoms with Crippen LogP contribution in [0.1, 0.15) is 13.3 Å². The van der Waals surface area contributed by atoms with Crippen molar-refractivity contribution in [1.82, 2.24) is 16.0 Å². The van der Waals surface area contributed by atoms with E-state index in [0.29, 0.717) is 5.11 Å². The van der Waals surface area contributed by atoms with Gasteiger partial charge in [0.25, 0.3) is 0 Å². The lowest BCUT2D eigenvalue weighted by Crippen LogP contribution is -2.41. The first-order chi connectivity index (χ1) is 5.70. The fourth-order valence-corrected chi connectivity index (χ4v) is 0.724. The van der Waals surface area contributed by atoms with Crippen molar-refractivity contribution in [3.8, 4) is 0 Å². The molecule has 0 bridgehead atoms. The van der Waals surface area contributed by atoms with Crippen molar-refractivity contribution in [2.75, 3.05) is 20.1 Å². The van der Waals surface area contributed by atoms with Gasteiger partial charge in [-0.2, -0.15) is 0 Å². The number of likely N-dealkylation sites (N-methyl/N-ethyl adjacent to an activating group) is 1. The summed E-state index contributed by atoms with van der Waals surface area (Å²) in [6.45, 7) is 3.11. The fourth-order valence-electron chi connectivity index (χ4n) is 0.550. The number of rotatable bonds is 4. The Kier molecular flexibility index (Phi) is 6.37. The van der Waals surface area contributed by atoms with Crippen LogP contribution >= 0.6 is 12.2 Å². The van der Waals surface area contributed by atoms with Gasteiger partial charge in [0.15, 0.2) is 5.11 Å². The van der Waals surface area contributed by atoms with E-state index in [2.05, 4.69) is 16.0 Å². The van der Waals surface area contributed by atoms with Crippen molar-refractivity contribution >= 4 is 23.2 Å². The number of thiocarbonyl (C=S) groups is 1. The molecule has 0 spiro atoms. The van der Waals surface area contributed by atoms with Crippen molar-refractivity contribution in [2.24, 2.45) is 0 Å². The Labute approximate surface area is 78.1 Å². The van der Waals surface area contributed by atoms with Gasteiger partial charge in [-0.15, -0.1) is 0 Å². The summed E-state index contributed by atoms with van der Waals surface area (Å²) in [5.74, 6) is -0.0735. The van der Waals surface area contributed by atoms with Crippen LogP contribution in [-0.4, -0.2) is 31.2 Å². The molecule has 1 amide bonds. The maximum Gasteiger partial charge on any atom is 0.239 e. The predicted molar refractivity (Wildman–Crippen MR) is 53.0 cm³/mol. The molecule has 5 heteroatoms. The highest BCUT2D eigenvalue weighted by Gasteiger charge is 1.97. The van der Waals surface area contributed by atoms with Gasteiger partial charge in [-0.1, -0.05) is 6.92 Å². The molecule has 0 rings (SSSR count). The van der Waals surface area contributed by atoms with Crippen molar-refractivity contribution in [2.45, 2.75) is 13.3 Å². The van der Waals surface area contributed by atoms with Gasteiger partial charge in [0.1, 0.15) is 0 Å². The van der Waals surface area contributed by atoms with E-state index in [4.69, 9.17) is 12.2 Å². The van der Waals surface area contributed by atoms with Crippen LogP contribution in [0.3, 0.4) is 0 Å². The lowest BCUT2D eigenvalue weighted by atomic mass is 10.5. The third-order valence-electron chi connectivity index (χ3n) is 1.22. The van der Waals surface area contributed by atoms with Crippen LogP contribution < -0.4 is 16.0 Å². The molecule has 3 N–H and O–H groups in total. The molecule has 0 aliphatic rings. The van der Waals surface area contributed by atoms with Gasteiger partial charge < -0.3 is 16.0 Å². The Morgan fingerprint density at radius 3 is 2.58 bits per heavy atom. The molecule has 0 aliphatic carbocycles. The highest BCUT2D eigenvalue weighted by Crippen LogP contribution is 1.71. The Balaban J connectivity index is 3.37. The topological polar surface area (TPSA) is 53.2 Å². The van der Waals surface area contributed by atoms with Gasteiger partial charge in [0.05, 0.1) is 6.54 Å². The minimum atomic E-state index is -0.0735. The molecule has 0 fully saturated rings. The highest BCUT2D eigenvalue weighted by molar-refractivity contribution is 7.80. The number of nitrogens with one attached hydrogen (secondary N) is 3. The molecular formula is C7H15N3OS. The number of hydrogen-bond acceptors (Lipinski definition) is 2. The molecule has 0 saturated carbocycles. The second-order valence-corrected chi connectivity index (χ2v) is 2.69. The Bertz CT molecular complexity index is 161. The molecule has 4 nitrogen and oxygen atoms in total. The molecule has 0 aromatic heterocycles. The third kappa shape index (κ3) is 5.91. The average molecular weight is 189 g/mol. The monoisotopic (exact) mass is 189 g/mol. The molecular weight excluding hydrogens is 174 g/mol. The number of amides is 1. The van der Waals surface area contributed by atoms with Crippen molar-refractivity contribution in [3.05, 3.63) is 0 Å². The first kappa shape index (κ1) is 11.2. The zero-order valence-corrected chi connectivity index (χ0v) is 8.25. The molecule has 0 atom stereocenters. The fraction of sp³-hybridized carbons (Fsp3) is 0.714. The Hall–Kier alpha value is -0.840. The van der Waals surface area contributed by atoms with E-state index < -0.39 is 0 Å². The second-order valence-electron chi connectivity index (χ2n) is 2.28. The standard InChI is InChI=1S/C7H15N3OS/c1-3-4-9-7(12)10-5-6(11)8-2/h3-5H2,1-2H3,(H,8,11)(H2,9,10,12). The van der Waals surface area contributed by atoms with Crippen molar-refractivity contribution in [1.29, 1.82) is 0 Å². The molecule has 0 saturated heterocycles. The minimum absolute atomic E-state index is 0.0735. The van der Waals surface area contributed by atoms with Crippen LogP contribution in [0.25, 0.3) is 0 Å². The molecule has 70 valence electrons. The molecule has 0 unspecified atom stereocenters. The summed E-state index contributed by atoms with van der Waals surface area (Å²) in [6.07, 6.45) is 1.02. The van der Waals surface area contributed by atoms with Crippen molar-refractivity contribution < 1.29 is 4.79 Å². The highest BCUT2D eigenvalue weighted by atomic mass is 32.1. The van der Waals surface area contributed by atoms with Gasteiger partial charge in [0.2, 0.25) is 5.91 Å². The summed E-state index contributed by atoms with van der Waals surface area (Å²) in [5.41, 5.74) is 0. The minimum Gasteiger partial charge on any atom is -0.363 e. The maximum atomic E-state index is 10.7. The largest absolute Gasteiger partial charge is 0.363 e. The number of hydrogen-bond donors (Lipinski definition) is 3. The normalized spacial score (nSPS) is 8.83. The van der Waals surface area contributed by atoms with Crippen LogP contribution in [0.15, 0.2) is 0 Å². The van der Waals surface area contributed by atoms with Gasteiger partial charge in [0, 0.05) is 13.6 Å². The summed E-state index contributed by atoms with van der Waals surface area (Å²) < 4.78 is 0. The summed E-state index contributed by atoms with van der Waals surface area (Å²) in [4.78, 5) is 10.7. The van der Waals surface area contributed by atoms with Crippen LogP contribution in [-0.2, 0) is 4.79 Å². The smallest absolute Gasteiger partial charge is 0.239 e. The number of carbonyl (C=O) groups is 1. The third-order valence-corrected chi connectivity index (χ3v) is 1.51. The SMILES string of the molecule is CCCNC(=S)NCC(=O)NC. The lowest BCUT2D eigenvalue weighted by molar-refractivity contribution is -0.119. The molecule has 0 aliphatic heterocycles. The van der Waals surface area contributed by atoms with Crippen LogP contribution in [0.5, 0.6) is 0 Å². The molecule has 0 aromatic carbocycles. The zero-order chi connectivity index (χ0) is 9.40. The van der Waals surface area contributed by atoms with E-state index in [9.17, 15) is 4.79 Å². The van der Waals surface area contributed by atoms with Gasteiger partial charge in [-0.25, -0.2) is 0 Å². The summed E-state index contributed by atoms with van der Waals surface area (Å²) in [5, 5.41) is 8.74. The summed E-state index contributed by atoms with van der Waals surface area (Å²) in [7, 11) is 1.59. The van der Waals surface area contributed by atoms with E-state index in [0.717, 1.165) is 13.0 Å². The van der Waals surface area contributed by atoms with Gasteiger partial charge in [-0.05, 0) is 18.6 Å².